The van der Waals surface area contributed by atoms with E-state index in [0.717, 1.165) is 107 Å². The summed E-state index contributed by atoms with van der Waals surface area (Å²) in [5, 5.41) is 20.6. The molecule has 0 atom stereocenters. The van der Waals surface area contributed by atoms with E-state index in [-0.39, 0.29) is 0 Å². The van der Waals surface area contributed by atoms with Crippen molar-refractivity contribution in [1.29, 1.82) is 5.26 Å². The predicted molar refractivity (Wildman–Crippen MR) is 234 cm³/mol. The number of carboxylic acids is 1. The molecule has 0 saturated carbocycles. The molecule has 9 heteroatoms. The quantitative estimate of drug-likeness (QED) is 0.101. The van der Waals surface area contributed by atoms with Gasteiger partial charge in [-0.15, -0.1) is 0 Å². The molecule has 0 radical (unpaired) electrons. The Morgan fingerprint density at radius 2 is 1.12 bits per heavy atom. The number of nitrogens with zero attached hydrogens (tertiary/aromatic N) is 5. The van der Waals surface area contributed by atoms with E-state index in [1.54, 1.807) is 12.1 Å². The van der Waals surface area contributed by atoms with Crippen LogP contribution in [0.4, 0.5) is 11.4 Å². The molecule has 2 aliphatic heterocycles. The van der Waals surface area contributed by atoms with E-state index in [1.807, 2.05) is 30.5 Å². The highest BCUT2D eigenvalue weighted by Gasteiger charge is 2.18. The monoisotopic (exact) mass is 763 g/mol. The van der Waals surface area contributed by atoms with Gasteiger partial charge in [0.15, 0.2) is 0 Å². The van der Waals surface area contributed by atoms with Gasteiger partial charge in [0, 0.05) is 97.9 Å². The topological polar surface area (TPSA) is 106 Å². The van der Waals surface area contributed by atoms with Crippen molar-refractivity contribution in [3.8, 4) is 6.07 Å². The highest BCUT2D eigenvalue weighted by molar-refractivity contribution is 5.94. The largest absolute Gasteiger partial charge is 0.478 e. The summed E-state index contributed by atoms with van der Waals surface area (Å²) in [6.07, 6.45) is 10.9. The second kappa shape index (κ2) is 19.1. The lowest BCUT2D eigenvalue weighted by Gasteiger charge is -2.36. The molecule has 0 unspecified atom stereocenters. The fourth-order valence-corrected chi connectivity index (χ4v) is 8.38. The number of hydrogen-bond acceptors (Lipinski definition) is 6. The van der Waals surface area contributed by atoms with Crippen LogP contribution >= 0.6 is 0 Å². The van der Waals surface area contributed by atoms with Gasteiger partial charge in [0.25, 0.3) is 0 Å². The first-order valence-corrected chi connectivity index (χ1v) is 20.7. The number of hydrogen-bond donors (Lipinski definition) is 3. The van der Waals surface area contributed by atoms with Crippen LogP contribution in [0.3, 0.4) is 0 Å². The average molecular weight is 764 g/mol. The lowest BCUT2D eigenvalue weighted by atomic mass is 10.0. The zero-order valence-corrected chi connectivity index (χ0v) is 33.6. The Labute approximate surface area is 337 Å². The zero-order valence-electron chi connectivity index (χ0n) is 33.6. The third kappa shape index (κ3) is 10.4. The van der Waals surface area contributed by atoms with E-state index in [0.29, 0.717) is 5.56 Å². The molecule has 6 aromatic rings. The Hall–Kier alpha value is -5.56. The van der Waals surface area contributed by atoms with E-state index in [9.17, 15) is 9.90 Å². The van der Waals surface area contributed by atoms with E-state index >= 15 is 0 Å². The van der Waals surface area contributed by atoms with Gasteiger partial charge in [-0.05, 0) is 148 Å². The number of aromatic nitrogens is 2. The van der Waals surface area contributed by atoms with Gasteiger partial charge in [0.1, 0.15) is 0 Å². The number of aromatic amines is 2. The Bertz CT molecular complexity index is 2290. The van der Waals surface area contributed by atoms with Gasteiger partial charge in [-0.3, -0.25) is 9.80 Å². The summed E-state index contributed by atoms with van der Waals surface area (Å²) in [6, 6.07) is 31.0. The van der Waals surface area contributed by atoms with Gasteiger partial charge in [-0.2, -0.15) is 5.26 Å². The number of nitriles is 1. The van der Waals surface area contributed by atoms with Crippen molar-refractivity contribution in [2.24, 2.45) is 0 Å². The van der Waals surface area contributed by atoms with Crippen LogP contribution in [0.25, 0.3) is 21.8 Å². The Balaban J connectivity index is 0.000000174. The molecule has 2 fully saturated rings. The lowest BCUT2D eigenvalue weighted by molar-refractivity contribution is 0.0697. The molecule has 3 N–H and O–H groups in total. The first-order valence-electron chi connectivity index (χ1n) is 20.7. The standard InChI is InChI=1S/C24H28N4.C24H29N3O2/c1-19-5-4-7-22(15-19)28-13-11-27(12-14-28)10-3-2-6-21-18-26-24-9-8-20(17-25)16-23(21)24;1-18-5-4-7-21(15-18)27-13-11-26(12-14-27)10-3-2-6-20-17-25-23-9-8-19(24(28)29)16-22(20)23/h4-5,7-9,15-16,18,26H,2-3,6,10-14H2,1H3;4-5,7-9,15-17,25H,2-3,6,10-14H2,1H3,(H,28,29). The molecule has 0 spiro atoms. The minimum atomic E-state index is -0.871. The Morgan fingerprint density at radius 1 is 0.632 bits per heavy atom. The van der Waals surface area contributed by atoms with Gasteiger partial charge in [-0.25, -0.2) is 4.79 Å². The minimum absolute atomic E-state index is 0.352. The van der Waals surface area contributed by atoms with Crippen molar-refractivity contribution in [3.63, 3.8) is 0 Å². The fraction of sp³-hybridized carbons (Fsp3) is 0.375. The maximum Gasteiger partial charge on any atom is 0.335 e. The van der Waals surface area contributed by atoms with Crippen molar-refractivity contribution < 1.29 is 9.90 Å². The van der Waals surface area contributed by atoms with Gasteiger partial charge in [0.2, 0.25) is 0 Å². The molecule has 0 aliphatic carbocycles. The van der Waals surface area contributed by atoms with Gasteiger partial charge in [-0.1, -0.05) is 24.3 Å². The van der Waals surface area contributed by atoms with Gasteiger partial charge in [0.05, 0.1) is 17.2 Å². The Morgan fingerprint density at radius 3 is 1.60 bits per heavy atom. The maximum absolute atomic E-state index is 11.2. The van der Waals surface area contributed by atoms with Crippen LogP contribution < -0.4 is 9.80 Å². The van der Waals surface area contributed by atoms with Crippen molar-refractivity contribution in [3.05, 3.63) is 131 Å². The molecule has 4 heterocycles. The minimum Gasteiger partial charge on any atom is -0.478 e. The highest BCUT2D eigenvalue weighted by Crippen LogP contribution is 2.24. The molecule has 9 nitrogen and oxygen atoms in total. The molecular weight excluding hydrogens is 707 g/mol. The summed E-state index contributed by atoms with van der Waals surface area (Å²) in [4.78, 5) is 27.9. The maximum atomic E-state index is 11.2. The summed E-state index contributed by atoms with van der Waals surface area (Å²) >= 11 is 0. The first-order chi connectivity index (χ1) is 27.8. The molecule has 2 aromatic heterocycles. The molecule has 0 bridgehead atoms. The molecule has 57 heavy (non-hydrogen) atoms. The number of H-pyrrole nitrogens is 2. The third-order valence-electron chi connectivity index (χ3n) is 11.7. The van der Waals surface area contributed by atoms with Crippen LogP contribution in [-0.2, 0) is 12.8 Å². The van der Waals surface area contributed by atoms with E-state index in [1.165, 1.54) is 58.4 Å². The average Bonchev–Trinajstić information content (AvgIpc) is 3.84. The summed E-state index contributed by atoms with van der Waals surface area (Å²) < 4.78 is 0. The van der Waals surface area contributed by atoms with E-state index in [2.05, 4.69) is 104 Å². The van der Waals surface area contributed by atoms with Crippen LogP contribution in [0, 0.1) is 25.2 Å². The second-order valence-corrected chi connectivity index (χ2v) is 15.8. The highest BCUT2D eigenvalue weighted by atomic mass is 16.4. The number of unbranched alkanes of at least 4 members (excludes halogenated alkanes) is 2. The SMILES string of the molecule is Cc1cccc(N2CCN(CCCCc3c[nH]c4ccc(C#N)cc34)CC2)c1.Cc1cccc(N2CCN(CCCCc3c[nH]c4ccc(C(=O)O)cc34)CC2)c1. The number of aryl methyl sites for hydroxylation is 4. The van der Waals surface area contributed by atoms with Crippen LogP contribution in [0.2, 0.25) is 0 Å². The number of anilines is 2. The number of benzene rings is 4. The van der Waals surface area contributed by atoms with Crippen molar-refractivity contribution in [1.82, 2.24) is 19.8 Å². The normalized spacial score (nSPS) is 15.1. The number of fused-ring (bicyclic) bond motifs is 2. The molecule has 296 valence electrons. The summed E-state index contributed by atoms with van der Waals surface area (Å²) in [6.45, 7) is 15.5. The second-order valence-electron chi connectivity index (χ2n) is 15.8. The third-order valence-corrected chi connectivity index (χ3v) is 11.7. The van der Waals surface area contributed by atoms with E-state index in [4.69, 9.17) is 5.26 Å². The number of carboxylic acid groups (broad SMARTS) is 1. The number of nitrogens with one attached hydrogen (secondary N) is 2. The van der Waals surface area contributed by atoms with Gasteiger partial charge < -0.3 is 24.9 Å². The van der Waals surface area contributed by atoms with Crippen molar-refractivity contribution >= 4 is 39.1 Å². The summed E-state index contributed by atoms with van der Waals surface area (Å²) in [7, 11) is 0. The van der Waals surface area contributed by atoms with Gasteiger partial charge >= 0.3 is 5.97 Å². The summed E-state index contributed by atoms with van der Waals surface area (Å²) in [5.41, 5.74) is 11.1. The van der Waals surface area contributed by atoms with Crippen molar-refractivity contribution in [2.45, 2.75) is 52.4 Å². The molecule has 2 aliphatic rings. The van der Waals surface area contributed by atoms with Crippen LogP contribution in [0.5, 0.6) is 0 Å². The predicted octanol–water partition coefficient (Wildman–Crippen LogP) is 8.81. The number of rotatable bonds is 13. The molecular formula is C48H57N7O2. The fourth-order valence-electron chi connectivity index (χ4n) is 8.38. The smallest absolute Gasteiger partial charge is 0.335 e. The van der Waals surface area contributed by atoms with Crippen LogP contribution in [0.1, 0.15) is 63.9 Å². The van der Waals surface area contributed by atoms with Crippen LogP contribution in [0.15, 0.2) is 97.3 Å². The number of piperazine rings is 2. The van der Waals surface area contributed by atoms with E-state index < -0.39 is 5.97 Å². The van der Waals surface area contributed by atoms with Crippen molar-refractivity contribution in [2.75, 3.05) is 75.2 Å². The van der Waals surface area contributed by atoms with Crippen LogP contribution in [-0.4, -0.2) is 96.3 Å². The lowest BCUT2D eigenvalue weighted by Crippen LogP contribution is -2.46. The summed E-state index contributed by atoms with van der Waals surface area (Å²) in [5.74, 6) is -0.871. The Kier molecular flexibility index (Phi) is 13.3. The molecule has 2 saturated heterocycles. The molecule has 4 aromatic carbocycles. The molecule has 8 rings (SSSR count). The zero-order chi connectivity index (χ0) is 39.6. The number of carbonyl (C=O) groups is 1. The first kappa shape index (κ1) is 39.7. The number of aromatic carboxylic acids is 1. The molecule has 0 amide bonds.